The molecule has 6 nitrogen and oxygen atoms in total. The normalized spacial score (nSPS) is 11.1. The predicted molar refractivity (Wildman–Crippen MR) is 82.8 cm³/mol. The SMILES string of the molecule is CCCNc1ncccc1S(=O)(=O)Nc1cccnc1C. The average molecular weight is 306 g/mol. The number of nitrogens with zero attached hydrogens (tertiary/aromatic N) is 2. The number of hydrogen-bond acceptors (Lipinski definition) is 5. The Balaban J connectivity index is 2.34. The van der Waals surface area contributed by atoms with E-state index in [0.29, 0.717) is 23.7 Å². The van der Waals surface area contributed by atoms with Crippen molar-refractivity contribution in [2.24, 2.45) is 0 Å². The van der Waals surface area contributed by atoms with Crippen LogP contribution in [0.2, 0.25) is 0 Å². The average Bonchev–Trinajstić information content (AvgIpc) is 2.47. The molecule has 0 amide bonds. The van der Waals surface area contributed by atoms with E-state index in [-0.39, 0.29) is 4.90 Å². The third-order valence-corrected chi connectivity index (χ3v) is 4.25. The van der Waals surface area contributed by atoms with Crippen molar-refractivity contribution in [2.75, 3.05) is 16.6 Å². The van der Waals surface area contributed by atoms with Crippen LogP contribution in [0.3, 0.4) is 0 Å². The van der Waals surface area contributed by atoms with Crippen molar-refractivity contribution in [3.8, 4) is 0 Å². The molecule has 0 radical (unpaired) electrons. The summed E-state index contributed by atoms with van der Waals surface area (Å²) < 4.78 is 27.6. The van der Waals surface area contributed by atoms with Gasteiger partial charge in [-0.15, -0.1) is 0 Å². The second kappa shape index (κ2) is 6.53. The van der Waals surface area contributed by atoms with Gasteiger partial charge in [-0.25, -0.2) is 13.4 Å². The Bertz CT molecular complexity index is 716. The number of anilines is 2. The Morgan fingerprint density at radius 2 is 1.86 bits per heavy atom. The molecule has 21 heavy (non-hydrogen) atoms. The Morgan fingerprint density at radius 3 is 2.57 bits per heavy atom. The molecule has 0 saturated carbocycles. The van der Waals surface area contributed by atoms with Crippen molar-refractivity contribution < 1.29 is 8.42 Å². The van der Waals surface area contributed by atoms with E-state index < -0.39 is 10.0 Å². The lowest BCUT2D eigenvalue weighted by Gasteiger charge is -2.13. The van der Waals surface area contributed by atoms with Crippen molar-refractivity contribution >= 4 is 21.5 Å². The van der Waals surface area contributed by atoms with Crippen LogP contribution >= 0.6 is 0 Å². The summed E-state index contributed by atoms with van der Waals surface area (Å²) in [6.07, 6.45) is 4.06. The molecule has 0 unspecified atom stereocenters. The zero-order chi connectivity index (χ0) is 15.3. The fourth-order valence-corrected chi connectivity index (χ4v) is 3.03. The van der Waals surface area contributed by atoms with Crippen LogP contribution in [0.15, 0.2) is 41.6 Å². The van der Waals surface area contributed by atoms with E-state index in [1.54, 1.807) is 37.5 Å². The van der Waals surface area contributed by atoms with Gasteiger partial charge in [0.25, 0.3) is 10.0 Å². The molecule has 0 atom stereocenters. The molecule has 0 spiro atoms. The fourth-order valence-electron chi connectivity index (χ4n) is 1.78. The Kier molecular flexibility index (Phi) is 4.74. The fraction of sp³-hybridized carbons (Fsp3) is 0.286. The van der Waals surface area contributed by atoms with Gasteiger partial charge in [0.05, 0.1) is 11.4 Å². The minimum Gasteiger partial charge on any atom is -0.369 e. The molecule has 2 aromatic heterocycles. The molecular weight excluding hydrogens is 288 g/mol. The quantitative estimate of drug-likeness (QED) is 0.856. The number of nitrogens with one attached hydrogen (secondary N) is 2. The molecule has 0 aliphatic heterocycles. The number of aromatic nitrogens is 2. The maximum atomic E-state index is 12.5. The lowest BCUT2D eigenvalue weighted by Crippen LogP contribution is -2.17. The molecule has 2 N–H and O–H groups in total. The molecule has 2 heterocycles. The predicted octanol–water partition coefficient (Wildman–Crippen LogP) is 2.41. The third kappa shape index (κ3) is 3.69. The third-order valence-electron chi connectivity index (χ3n) is 2.85. The molecule has 0 bridgehead atoms. The lowest BCUT2D eigenvalue weighted by atomic mass is 10.3. The molecule has 0 aliphatic carbocycles. The monoisotopic (exact) mass is 306 g/mol. The highest BCUT2D eigenvalue weighted by Gasteiger charge is 2.20. The molecule has 0 saturated heterocycles. The van der Waals surface area contributed by atoms with Gasteiger partial charge in [-0.1, -0.05) is 6.92 Å². The highest BCUT2D eigenvalue weighted by molar-refractivity contribution is 7.92. The van der Waals surface area contributed by atoms with Crippen molar-refractivity contribution in [3.63, 3.8) is 0 Å². The van der Waals surface area contributed by atoms with E-state index in [9.17, 15) is 8.42 Å². The van der Waals surface area contributed by atoms with Crippen LogP contribution in [0.4, 0.5) is 11.5 Å². The summed E-state index contributed by atoms with van der Waals surface area (Å²) in [4.78, 5) is 8.30. The van der Waals surface area contributed by atoms with E-state index in [2.05, 4.69) is 20.0 Å². The van der Waals surface area contributed by atoms with Crippen LogP contribution in [0.5, 0.6) is 0 Å². The molecule has 0 aromatic carbocycles. The van der Waals surface area contributed by atoms with Crippen LogP contribution in [0, 0.1) is 6.92 Å². The van der Waals surface area contributed by atoms with Gasteiger partial charge in [0.2, 0.25) is 0 Å². The van der Waals surface area contributed by atoms with E-state index in [1.807, 2.05) is 6.92 Å². The van der Waals surface area contributed by atoms with Crippen LogP contribution in [0.25, 0.3) is 0 Å². The number of hydrogen-bond donors (Lipinski definition) is 2. The Morgan fingerprint density at radius 1 is 1.14 bits per heavy atom. The minimum absolute atomic E-state index is 0.127. The standard InChI is InChI=1S/C14H18N4O2S/c1-3-8-16-14-13(7-5-10-17-14)21(19,20)18-12-6-4-9-15-11(12)2/h4-7,9-10,18H,3,8H2,1-2H3,(H,16,17). The molecule has 112 valence electrons. The Hall–Kier alpha value is -2.15. The van der Waals surface area contributed by atoms with Crippen molar-refractivity contribution in [1.29, 1.82) is 0 Å². The molecule has 0 fully saturated rings. The summed E-state index contributed by atoms with van der Waals surface area (Å²) in [5.74, 6) is 0.355. The van der Waals surface area contributed by atoms with E-state index in [0.717, 1.165) is 6.42 Å². The van der Waals surface area contributed by atoms with Crippen LogP contribution < -0.4 is 10.0 Å². The topological polar surface area (TPSA) is 84.0 Å². The first-order valence-corrected chi connectivity index (χ1v) is 8.16. The van der Waals surface area contributed by atoms with Crippen LogP contribution in [-0.2, 0) is 10.0 Å². The highest BCUT2D eigenvalue weighted by atomic mass is 32.2. The summed E-state index contributed by atoms with van der Waals surface area (Å²) in [6, 6.07) is 6.49. The number of rotatable bonds is 6. The lowest BCUT2D eigenvalue weighted by molar-refractivity contribution is 0.601. The van der Waals surface area contributed by atoms with Gasteiger partial charge in [-0.05, 0) is 37.6 Å². The van der Waals surface area contributed by atoms with E-state index in [4.69, 9.17) is 0 Å². The van der Waals surface area contributed by atoms with Gasteiger partial charge in [0.15, 0.2) is 0 Å². The summed E-state index contributed by atoms with van der Waals surface area (Å²) >= 11 is 0. The van der Waals surface area contributed by atoms with Crippen LogP contribution in [-0.4, -0.2) is 24.9 Å². The van der Waals surface area contributed by atoms with E-state index >= 15 is 0 Å². The second-order valence-corrected chi connectivity index (χ2v) is 6.17. The van der Waals surface area contributed by atoms with Gasteiger partial charge in [-0.2, -0.15) is 0 Å². The minimum atomic E-state index is -3.71. The second-order valence-electron chi connectivity index (χ2n) is 4.52. The maximum absolute atomic E-state index is 12.5. The zero-order valence-corrected chi connectivity index (χ0v) is 12.8. The highest BCUT2D eigenvalue weighted by Crippen LogP contribution is 2.22. The molecule has 2 rings (SSSR count). The first kappa shape index (κ1) is 15.2. The van der Waals surface area contributed by atoms with Crippen molar-refractivity contribution in [2.45, 2.75) is 25.2 Å². The molecule has 0 aliphatic rings. The van der Waals surface area contributed by atoms with E-state index in [1.165, 1.54) is 6.07 Å². The Labute approximate surface area is 124 Å². The first-order valence-electron chi connectivity index (χ1n) is 6.68. The van der Waals surface area contributed by atoms with Crippen LogP contribution in [0.1, 0.15) is 19.0 Å². The van der Waals surface area contributed by atoms with Gasteiger partial charge in [0.1, 0.15) is 10.7 Å². The molecule has 2 aromatic rings. The molecule has 7 heteroatoms. The van der Waals surface area contributed by atoms with Crippen molar-refractivity contribution in [1.82, 2.24) is 9.97 Å². The summed E-state index contributed by atoms with van der Waals surface area (Å²) in [6.45, 7) is 4.41. The number of pyridine rings is 2. The smallest absolute Gasteiger partial charge is 0.265 e. The first-order chi connectivity index (χ1) is 10.0. The molecular formula is C14H18N4O2S. The van der Waals surface area contributed by atoms with Gasteiger partial charge >= 0.3 is 0 Å². The van der Waals surface area contributed by atoms with Crippen molar-refractivity contribution in [3.05, 3.63) is 42.4 Å². The van der Waals surface area contributed by atoms with Gasteiger partial charge in [0, 0.05) is 18.9 Å². The maximum Gasteiger partial charge on any atom is 0.265 e. The zero-order valence-electron chi connectivity index (χ0n) is 12.0. The van der Waals surface area contributed by atoms with Gasteiger partial charge < -0.3 is 5.32 Å². The number of aryl methyl sites for hydroxylation is 1. The summed E-state index contributed by atoms with van der Waals surface area (Å²) in [5, 5.41) is 3.02. The summed E-state index contributed by atoms with van der Waals surface area (Å²) in [5.41, 5.74) is 1.08. The number of sulfonamides is 1. The van der Waals surface area contributed by atoms with Gasteiger partial charge in [-0.3, -0.25) is 9.71 Å². The largest absolute Gasteiger partial charge is 0.369 e. The summed E-state index contributed by atoms with van der Waals surface area (Å²) in [7, 11) is -3.71.